The average Bonchev–Trinajstić information content (AvgIpc) is 3.38. The van der Waals surface area contributed by atoms with Gasteiger partial charge in [-0.3, -0.25) is 9.59 Å². The van der Waals surface area contributed by atoms with Crippen molar-refractivity contribution in [2.24, 2.45) is 0 Å². The predicted molar refractivity (Wildman–Crippen MR) is 200 cm³/mol. The highest BCUT2D eigenvalue weighted by Gasteiger charge is 2.38. The summed E-state index contributed by atoms with van der Waals surface area (Å²) in [5, 5.41) is 26.6. The summed E-state index contributed by atoms with van der Waals surface area (Å²) in [6, 6.07) is 32.0. The van der Waals surface area contributed by atoms with Gasteiger partial charge in [0, 0.05) is 42.1 Å². The summed E-state index contributed by atoms with van der Waals surface area (Å²) >= 11 is 2.22. The molecule has 8 nitrogen and oxygen atoms in total. The molecule has 0 saturated carbocycles. The van der Waals surface area contributed by atoms with Crippen LogP contribution in [0, 0.1) is 0 Å². The third-order valence-electron chi connectivity index (χ3n) is 8.24. The van der Waals surface area contributed by atoms with Gasteiger partial charge in [0.25, 0.3) is 0 Å². The average molecular weight is 709 g/mol. The first-order chi connectivity index (χ1) is 24.8. The second kappa shape index (κ2) is 14.4. The van der Waals surface area contributed by atoms with E-state index in [1.807, 2.05) is 66.7 Å². The summed E-state index contributed by atoms with van der Waals surface area (Å²) in [5.74, 6) is -3.10. The molecule has 0 radical (unpaired) electrons. The second-order valence-electron chi connectivity index (χ2n) is 11.5. The predicted octanol–water partition coefficient (Wildman–Crippen LogP) is 9.75. The van der Waals surface area contributed by atoms with Crippen LogP contribution >= 0.6 is 23.5 Å². The van der Waals surface area contributed by atoms with E-state index in [1.54, 1.807) is 54.6 Å². The summed E-state index contributed by atoms with van der Waals surface area (Å²) in [5.41, 5.74) is 2.92. The number of thioether (sulfide) groups is 1. The summed E-state index contributed by atoms with van der Waals surface area (Å²) < 4.78 is 0. The Bertz CT molecular complexity index is 2330. The zero-order valence-corrected chi connectivity index (χ0v) is 28.4. The summed E-state index contributed by atoms with van der Waals surface area (Å²) in [6.45, 7) is 0. The molecule has 51 heavy (non-hydrogen) atoms. The first-order valence-corrected chi connectivity index (χ1v) is 17.5. The zero-order valence-electron chi connectivity index (χ0n) is 26.8. The molecule has 0 saturated heterocycles. The number of benzene rings is 5. The SMILES string of the molecule is O=C(O)C1=CC=CCC=C1Sc1ccc(Nc2ccccc2)c2c1C(=O)c1c(Sc3ccccc3C(=O)O)ccc(Nc3ccccc3)c1C2=O. The van der Waals surface area contributed by atoms with E-state index in [1.165, 1.54) is 12.1 Å². The first kappa shape index (κ1) is 33.4. The quantitative estimate of drug-likeness (QED) is 0.109. The maximum Gasteiger partial charge on any atom is 0.336 e. The van der Waals surface area contributed by atoms with E-state index in [0.29, 0.717) is 48.8 Å². The molecule has 4 N–H and O–H groups in total. The van der Waals surface area contributed by atoms with Crippen LogP contribution in [0.2, 0.25) is 0 Å². The Kier molecular flexibility index (Phi) is 9.43. The minimum absolute atomic E-state index is 0.0604. The van der Waals surface area contributed by atoms with Crippen molar-refractivity contribution in [3.05, 3.63) is 172 Å². The van der Waals surface area contributed by atoms with E-state index in [4.69, 9.17) is 0 Å². The number of carbonyl (C=O) groups is 4. The molecular formula is C41H28N2O6S2. The lowest BCUT2D eigenvalue weighted by Gasteiger charge is -2.27. The Morgan fingerprint density at radius 1 is 0.569 bits per heavy atom. The molecule has 0 amide bonds. The molecule has 5 aromatic rings. The number of ketones is 2. The molecule has 0 aliphatic heterocycles. The van der Waals surface area contributed by atoms with Gasteiger partial charge in [-0.25, -0.2) is 9.59 Å². The first-order valence-electron chi connectivity index (χ1n) is 15.9. The van der Waals surface area contributed by atoms with E-state index in [9.17, 15) is 19.8 Å². The van der Waals surface area contributed by atoms with Gasteiger partial charge in [0.2, 0.25) is 0 Å². The molecule has 7 rings (SSSR count). The third kappa shape index (κ3) is 6.74. The third-order valence-corrected chi connectivity index (χ3v) is 10.5. The molecule has 0 atom stereocenters. The minimum Gasteiger partial charge on any atom is -0.478 e. The van der Waals surface area contributed by atoms with Crippen molar-refractivity contribution in [3.63, 3.8) is 0 Å². The number of rotatable bonds is 10. The maximum atomic E-state index is 15.1. The number of nitrogens with one attached hydrogen (secondary N) is 2. The lowest BCUT2D eigenvalue weighted by molar-refractivity contribution is -0.132. The normalized spacial score (nSPS) is 13.3. The molecule has 0 fully saturated rings. The largest absolute Gasteiger partial charge is 0.478 e. The molecule has 0 unspecified atom stereocenters. The molecule has 5 aromatic carbocycles. The number of hydrogen-bond acceptors (Lipinski definition) is 8. The molecule has 250 valence electrons. The van der Waals surface area contributed by atoms with Crippen LogP contribution in [0.15, 0.2) is 159 Å². The molecule has 0 spiro atoms. The van der Waals surface area contributed by atoms with Crippen molar-refractivity contribution in [1.29, 1.82) is 0 Å². The van der Waals surface area contributed by atoms with Crippen molar-refractivity contribution in [2.75, 3.05) is 10.6 Å². The number of aliphatic carboxylic acids is 1. The topological polar surface area (TPSA) is 133 Å². The fourth-order valence-corrected chi connectivity index (χ4v) is 8.12. The van der Waals surface area contributed by atoms with Gasteiger partial charge < -0.3 is 20.8 Å². The number of allylic oxidation sites excluding steroid dienone is 4. The van der Waals surface area contributed by atoms with E-state index in [0.717, 1.165) is 23.5 Å². The molecule has 2 aliphatic carbocycles. The summed E-state index contributed by atoms with van der Waals surface area (Å²) in [6.07, 6.45) is 7.31. The number of carboxylic acid groups (broad SMARTS) is 2. The Morgan fingerprint density at radius 2 is 1.10 bits per heavy atom. The smallest absolute Gasteiger partial charge is 0.336 e. The van der Waals surface area contributed by atoms with Crippen molar-refractivity contribution >= 4 is 69.8 Å². The van der Waals surface area contributed by atoms with Crippen LogP contribution in [-0.4, -0.2) is 33.7 Å². The van der Waals surface area contributed by atoms with Gasteiger partial charge in [-0.05, 0) is 73.2 Å². The van der Waals surface area contributed by atoms with Crippen LogP contribution in [0.5, 0.6) is 0 Å². The van der Waals surface area contributed by atoms with Crippen molar-refractivity contribution < 1.29 is 29.4 Å². The summed E-state index contributed by atoms with van der Waals surface area (Å²) in [4.78, 5) is 56.3. The number of hydrogen-bond donors (Lipinski definition) is 4. The van der Waals surface area contributed by atoms with Crippen LogP contribution in [0.25, 0.3) is 0 Å². The van der Waals surface area contributed by atoms with Crippen molar-refractivity contribution in [2.45, 2.75) is 21.1 Å². The maximum absolute atomic E-state index is 15.1. The van der Waals surface area contributed by atoms with Gasteiger partial charge in [0.05, 0.1) is 33.6 Å². The minimum atomic E-state index is -1.12. The van der Waals surface area contributed by atoms with Crippen molar-refractivity contribution in [3.8, 4) is 0 Å². The number of fused-ring (bicyclic) bond motifs is 2. The zero-order chi connectivity index (χ0) is 35.5. The van der Waals surface area contributed by atoms with E-state index >= 15 is 9.59 Å². The van der Waals surface area contributed by atoms with Gasteiger partial charge in [-0.2, -0.15) is 0 Å². The highest BCUT2D eigenvalue weighted by atomic mass is 32.2. The molecule has 0 aromatic heterocycles. The Morgan fingerprint density at radius 3 is 1.67 bits per heavy atom. The van der Waals surface area contributed by atoms with Crippen LogP contribution < -0.4 is 10.6 Å². The number of aromatic carboxylic acids is 1. The highest BCUT2D eigenvalue weighted by Crippen LogP contribution is 2.47. The van der Waals surface area contributed by atoms with Gasteiger partial charge in [-0.15, -0.1) is 0 Å². The van der Waals surface area contributed by atoms with E-state index < -0.39 is 23.5 Å². The summed E-state index contributed by atoms with van der Waals surface area (Å²) in [7, 11) is 0. The molecular weight excluding hydrogens is 681 g/mol. The van der Waals surface area contributed by atoms with Crippen LogP contribution in [0.1, 0.15) is 48.6 Å². The monoisotopic (exact) mass is 708 g/mol. The molecule has 10 heteroatoms. The molecule has 2 aliphatic rings. The van der Waals surface area contributed by atoms with Crippen LogP contribution in [0.4, 0.5) is 22.7 Å². The number of anilines is 4. The Hall–Kier alpha value is -6.10. The van der Waals surface area contributed by atoms with Gasteiger partial charge in [0.1, 0.15) is 0 Å². The van der Waals surface area contributed by atoms with E-state index in [2.05, 4.69) is 10.6 Å². The number of carboxylic acids is 2. The van der Waals surface area contributed by atoms with Gasteiger partial charge in [-0.1, -0.05) is 90.3 Å². The Labute approximate surface area is 301 Å². The molecule has 0 bridgehead atoms. The van der Waals surface area contributed by atoms with E-state index in [-0.39, 0.29) is 33.4 Å². The Balaban J connectivity index is 1.44. The lowest BCUT2D eigenvalue weighted by atomic mass is 9.82. The highest BCUT2D eigenvalue weighted by molar-refractivity contribution is 8.03. The standard InChI is InChI=1S/C41H28N2O6S2/c44-38-34-28(42-24-12-4-1-5-13-24)20-22-32(50-30-18-9-3-8-16-26(30)40(46)47)36(34)39(45)37-33(51-31-19-11-10-17-27(31)41(48)49)23-21-29(35(37)38)43-25-14-6-2-7-15-25/h1-8,10-23,42-43H,9H2,(H,46,47)(H,48,49). The fourth-order valence-electron chi connectivity index (χ4n) is 5.92. The van der Waals surface area contributed by atoms with Gasteiger partial charge in [0.15, 0.2) is 11.6 Å². The van der Waals surface area contributed by atoms with Crippen LogP contribution in [-0.2, 0) is 4.79 Å². The molecule has 0 heterocycles. The van der Waals surface area contributed by atoms with Gasteiger partial charge >= 0.3 is 11.9 Å². The second-order valence-corrected chi connectivity index (χ2v) is 13.7. The fraction of sp³-hybridized carbons (Fsp3) is 0.0244. The van der Waals surface area contributed by atoms with Crippen molar-refractivity contribution in [1.82, 2.24) is 0 Å². The number of para-hydroxylation sites is 2. The number of carbonyl (C=O) groups excluding carboxylic acids is 2. The lowest BCUT2D eigenvalue weighted by Crippen LogP contribution is -2.25. The van der Waals surface area contributed by atoms with Crippen LogP contribution in [0.3, 0.4) is 0 Å².